The second-order valence-electron chi connectivity index (χ2n) is 4.14. The molecule has 0 radical (unpaired) electrons. The smallest absolute Gasteiger partial charge is 0.275 e. The lowest BCUT2D eigenvalue weighted by Gasteiger charge is -2.11. The Hall–Kier alpha value is -1.36. The molecule has 5 heteroatoms. The highest BCUT2D eigenvalue weighted by Gasteiger charge is 2.11. The van der Waals surface area contributed by atoms with Gasteiger partial charge < -0.3 is 5.32 Å². The second-order valence-corrected chi connectivity index (χ2v) is 4.90. The van der Waals surface area contributed by atoms with E-state index in [-0.39, 0.29) is 11.6 Å². The zero-order chi connectivity index (χ0) is 12.6. The SMILES string of the molecule is CNc1ccc2c(Br)nn(C(C)C)c(=O)c2c1. The Kier molecular flexibility index (Phi) is 3.19. The van der Waals surface area contributed by atoms with Crippen molar-refractivity contribution in [1.29, 1.82) is 0 Å². The average Bonchev–Trinajstić information content (AvgIpc) is 2.32. The van der Waals surface area contributed by atoms with Gasteiger partial charge in [-0.05, 0) is 48.0 Å². The number of hydrogen-bond acceptors (Lipinski definition) is 3. The molecule has 0 unspecified atom stereocenters. The van der Waals surface area contributed by atoms with Crippen LogP contribution in [0.3, 0.4) is 0 Å². The molecule has 1 N–H and O–H groups in total. The molecule has 0 bridgehead atoms. The maximum absolute atomic E-state index is 12.2. The van der Waals surface area contributed by atoms with Crippen molar-refractivity contribution < 1.29 is 0 Å². The molecule has 4 nitrogen and oxygen atoms in total. The first-order chi connectivity index (χ1) is 8.04. The number of hydrogen-bond donors (Lipinski definition) is 1. The van der Waals surface area contributed by atoms with Crippen LogP contribution in [0, 0.1) is 0 Å². The van der Waals surface area contributed by atoms with E-state index in [1.165, 1.54) is 4.68 Å². The standard InChI is InChI=1S/C12H14BrN3O/c1-7(2)16-12(17)10-6-8(14-3)4-5-9(10)11(13)15-16/h4-7,14H,1-3H3. The summed E-state index contributed by atoms with van der Waals surface area (Å²) in [6, 6.07) is 5.71. The van der Waals surface area contributed by atoms with Gasteiger partial charge >= 0.3 is 0 Å². The number of fused-ring (bicyclic) bond motifs is 1. The number of rotatable bonds is 2. The Morgan fingerprint density at radius 3 is 2.65 bits per heavy atom. The number of anilines is 1. The largest absolute Gasteiger partial charge is 0.388 e. The van der Waals surface area contributed by atoms with Gasteiger partial charge in [0.15, 0.2) is 0 Å². The van der Waals surface area contributed by atoms with Gasteiger partial charge in [0, 0.05) is 18.1 Å². The predicted molar refractivity (Wildman–Crippen MR) is 73.6 cm³/mol. The number of nitrogens with zero attached hydrogens (tertiary/aromatic N) is 2. The van der Waals surface area contributed by atoms with Gasteiger partial charge in [-0.25, -0.2) is 4.68 Å². The van der Waals surface area contributed by atoms with Gasteiger partial charge in [0.25, 0.3) is 5.56 Å². The number of benzene rings is 1. The molecule has 0 fully saturated rings. The molecule has 0 saturated carbocycles. The van der Waals surface area contributed by atoms with E-state index in [0.29, 0.717) is 9.99 Å². The van der Waals surface area contributed by atoms with Crippen LogP contribution in [-0.4, -0.2) is 16.8 Å². The summed E-state index contributed by atoms with van der Waals surface area (Å²) in [5.41, 5.74) is 0.860. The maximum atomic E-state index is 12.2. The van der Waals surface area contributed by atoms with Crippen molar-refractivity contribution in [1.82, 2.24) is 9.78 Å². The van der Waals surface area contributed by atoms with Crippen molar-refractivity contribution in [3.8, 4) is 0 Å². The van der Waals surface area contributed by atoms with Crippen LogP contribution in [0.15, 0.2) is 27.6 Å². The highest BCUT2D eigenvalue weighted by atomic mass is 79.9. The third-order valence-electron chi connectivity index (χ3n) is 2.65. The van der Waals surface area contributed by atoms with Crippen molar-refractivity contribution in [3.05, 3.63) is 33.2 Å². The second kappa shape index (κ2) is 4.49. The summed E-state index contributed by atoms with van der Waals surface area (Å²) >= 11 is 3.41. The average molecular weight is 296 g/mol. The van der Waals surface area contributed by atoms with Crippen molar-refractivity contribution in [2.24, 2.45) is 0 Å². The van der Waals surface area contributed by atoms with Gasteiger partial charge in [0.05, 0.1) is 11.4 Å². The molecule has 0 saturated heterocycles. The van der Waals surface area contributed by atoms with Crippen molar-refractivity contribution in [3.63, 3.8) is 0 Å². The van der Waals surface area contributed by atoms with E-state index in [1.807, 2.05) is 39.1 Å². The van der Waals surface area contributed by atoms with Crippen LogP contribution in [0.2, 0.25) is 0 Å². The third kappa shape index (κ3) is 2.07. The van der Waals surface area contributed by atoms with Gasteiger partial charge in [-0.3, -0.25) is 4.79 Å². The minimum absolute atomic E-state index is 0.0430. The van der Waals surface area contributed by atoms with E-state index in [1.54, 1.807) is 0 Å². The van der Waals surface area contributed by atoms with Crippen molar-refractivity contribution in [2.45, 2.75) is 19.9 Å². The minimum atomic E-state index is -0.0599. The van der Waals surface area contributed by atoms with E-state index in [4.69, 9.17) is 0 Å². The number of aromatic nitrogens is 2. The summed E-state index contributed by atoms with van der Waals surface area (Å²) in [6.07, 6.45) is 0. The van der Waals surface area contributed by atoms with E-state index in [0.717, 1.165) is 11.1 Å². The molecule has 0 atom stereocenters. The van der Waals surface area contributed by atoms with Gasteiger partial charge in [-0.2, -0.15) is 5.10 Å². The first-order valence-electron chi connectivity index (χ1n) is 5.44. The summed E-state index contributed by atoms with van der Waals surface area (Å²) in [5, 5.41) is 8.80. The Morgan fingerprint density at radius 2 is 2.06 bits per heavy atom. The van der Waals surface area contributed by atoms with Crippen LogP contribution in [-0.2, 0) is 0 Å². The monoisotopic (exact) mass is 295 g/mol. The van der Waals surface area contributed by atoms with Crippen LogP contribution in [0.1, 0.15) is 19.9 Å². The lowest BCUT2D eigenvalue weighted by Crippen LogP contribution is -2.25. The highest BCUT2D eigenvalue weighted by Crippen LogP contribution is 2.22. The van der Waals surface area contributed by atoms with Gasteiger partial charge in [-0.15, -0.1) is 0 Å². The maximum Gasteiger partial charge on any atom is 0.275 e. The van der Waals surface area contributed by atoms with E-state index in [9.17, 15) is 4.79 Å². The zero-order valence-electron chi connectivity index (χ0n) is 9.99. The minimum Gasteiger partial charge on any atom is -0.388 e. The summed E-state index contributed by atoms with van der Waals surface area (Å²) in [7, 11) is 1.83. The van der Waals surface area contributed by atoms with Crippen LogP contribution in [0.4, 0.5) is 5.69 Å². The van der Waals surface area contributed by atoms with Crippen molar-refractivity contribution in [2.75, 3.05) is 12.4 Å². The lowest BCUT2D eigenvalue weighted by atomic mass is 10.2. The molecule has 0 spiro atoms. The summed E-state index contributed by atoms with van der Waals surface area (Å²) in [6.45, 7) is 3.88. The van der Waals surface area contributed by atoms with Gasteiger partial charge in [0.1, 0.15) is 4.60 Å². The molecule has 1 aromatic heterocycles. The Morgan fingerprint density at radius 1 is 1.35 bits per heavy atom. The highest BCUT2D eigenvalue weighted by molar-refractivity contribution is 9.10. The Labute approximate surface area is 108 Å². The first kappa shape index (κ1) is 12.1. The van der Waals surface area contributed by atoms with Gasteiger partial charge in [0.2, 0.25) is 0 Å². The molecule has 0 aliphatic carbocycles. The summed E-state index contributed by atoms with van der Waals surface area (Å²) in [5.74, 6) is 0. The lowest BCUT2D eigenvalue weighted by molar-refractivity contribution is 0.503. The summed E-state index contributed by atoms with van der Waals surface area (Å²) in [4.78, 5) is 12.2. The fourth-order valence-electron chi connectivity index (χ4n) is 1.72. The molecule has 17 heavy (non-hydrogen) atoms. The molecule has 2 rings (SSSR count). The zero-order valence-corrected chi connectivity index (χ0v) is 11.6. The van der Waals surface area contributed by atoms with Crippen LogP contribution >= 0.6 is 15.9 Å². The Balaban J connectivity index is 2.85. The molecular weight excluding hydrogens is 282 g/mol. The first-order valence-corrected chi connectivity index (χ1v) is 6.23. The van der Waals surface area contributed by atoms with Crippen LogP contribution in [0.5, 0.6) is 0 Å². The molecule has 0 aliphatic heterocycles. The van der Waals surface area contributed by atoms with E-state index < -0.39 is 0 Å². The topological polar surface area (TPSA) is 46.9 Å². The quantitative estimate of drug-likeness (QED) is 0.927. The predicted octanol–water partition coefficient (Wildman–Crippen LogP) is 2.78. The van der Waals surface area contributed by atoms with Gasteiger partial charge in [-0.1, -0.05) is 0 Å². The normalized spacial score (nSPS) is 11.1. The van der Waals surface area contributed by atoms with Crippen LogP contribution in [0.25, 0.3) is 10.8 Å². The fourth-order valence-corrected chi connectivity index (χ4v) is 2.24. The molecule has 2 aromatic rings. The van der Waals surface area contributed by atoms with Crippen LogP contribution < -0.4 is 10.9 Å². The molecule has 1 aromatic carbocycles. The molecule has 0 aliphatic rings. The van der Waals surface area contributed by atoms with E-state index >= 15 is 0 Å². The third-order valence-corrected chi connectivity index (χ3v) is 3.24. The molecule has 90 valence electrons. The van der Waals surface area contributed by atoms with E-state index in [2.05, 4.69) is 26.3 Å². The summed E-state index contributed by atoms with van der Waals surface area (Å²) < 4.78 is 2.19. The molecule has 1 heterocycles. The molecule has 0 amide bonds. The Bertz CT molecular complexity index is 619. The molecular formula is C12H14BrN3O. The number of nitrogens with one attached hydrogen (secondary N) is 1. The fraction of sp³-hybridized carbons (Fsp3) is 0.333. The number of halogens is 1. The van der Waals surface area contributed by atoms with Crippen molar-refractivity contribution >= 4 is 32.4 Å².